The lowest BCUT2D eigenvalue weighted by Crippen LogP contribution is -2.42. The van der Waals surface area contributed by atoms with Crippen LogP contribution in [0.15, 0.2) is 46.5 Å². The van der Waals surface area contributed by atoms with Crippen LogP contribution >= 0.6 is 46.6 Å². The molecule has 3 rings (SSSR count). The van der Waals surface area contributed by atoms with Gasteiger partial charge in [0.05, 0.1) is 39.7 Å². The van der Waals surface area contributed by atoms with Crippen molar-refractivity contribution < 1.29 is 19.1 Å². The number of rotatable bonds is 11. The lowest BCUT2D eigenvalue weighted by Gasteiger charge is -2.15. The second kappa shape index (κ2) is 13.0. The summed E-state index contributed by atoms with van der Waals surface area (Å²) in [5, 5.41) is 15.8. The lowest BCUT2D eigenvalue weighted by molar-refractivity contribution is -0.122. The normalized spacial score (nSPS) is 11.7. The Hall–Kier alpha value is -2.53. The average Bonchev–Trinajstić information content (AvgIpc) is 3.29. The molecule has 1 unspecified atom stereocenters. The first kappa shape index (κ1) is 27.1. The number of ketones is 1. The zero-order valence-corrected chi connectivity index (χ0v) is 21.9. The fourth-order valence-corrected chi connectivity index (χ4v) is 4.50. The molecule has 0 bridgehead atoms. The van der Waals surface area contributed by atoms with Gasteiger partial charge in [0.1, 0.15) is 12.3 Å². The lowest BCUT2D eigenvalue weighted by atomic mass is 10.1. The standard InChI is InChI=1S/C22H22Cl3N5O4S/c1-3-17(26-22(32)34-11-10-13-4-6-14(33-2)7-5-13)18(31)12-30-28-21(27-29-30)35-20-16(24)9-8-15(23)19(20)25/h4-9,17H,3,10-12H2,1-2H3,(H,26,32). The number of halogens is 3. The number of ether oxygens (including phenoxy) is 2. The highest BCUT2D eigenvalue weighted by atomic mass is 35.5. The van der Waals surface area contributed by atoms with Gasteiger partial charge in [-0.3, -0.25) is 4.79 Å². The first-order chi connectivity index (χ1) is 16.8. The number of tetrazole rings is 1. The van der Waals surface area contributed by atoms with Gasteiger partial charge in [0, 0.05) is 6.42 Å². The second-order valence-electron chi connectivity index (χ2n) is 7.18. The van der Waals surface area contributed by atoms with E-state index in [1.54, 1.807) is 26.2 Å². The number of nitrogens with one attached hydrogen (secondary N) is 1. The molecule has 0 saturated heterocycles. The fraction of sp³-hybridized carbons (Fsp3) is 0.318. The SMILES string of the molecule is CCC(NC(=O)OCCc1ccc(OC)cc1)C(=O)Cn1nnc(Sc2c(Cl)ccc(Cl)c2Cl)n1. The number of aromatic nitrogens is 4. The molecule has 1 aromatic heterocycles. The third-order valence-electron chi connectivity index (χ3n) is 4.80. The topological polar surface area (TPSA) is 108 Å². The number of amides is 1. The van der Waals surface area contributed by atoms with Crippen LogP contribution in [0, 0.1) is 0 Å². The Bertz CT molecular complexity index is 1180. The molecular formula is C22H22Cl3N5O4S. The van der Waals surface area contributed by atoms with E-state index in [0.29, 0.717) is 27.8 Å². The van der Waals surface area contributed by atoms with Gasteiger partial charge in [-0.2, -0.15) is 4.80 Å². The van der Waals surface area contributed by atoms with E-state index >= 15 is 0 Å². The van der Waals surface area contributed by atoms with Crippen LogP contribution in [0.5, 0.6) is 5.75 Å². The van der Waals surface area contributed by atoms with E-state index in [1.807, 2.05) is 24.3 Å². The van der Waals surface area contributed by atoms with E-state index in [2.05, 4.69) is 20.7 Å². The largest absolute Gasteiger partial charge is 0.497 e. The fourth-order valence-electron chi connectivity index (χ4n) is 2.93. The van der Waals surface area contributed by atoms with Crippen LogP contribution in [0.4, 0.5) is 4.79 Å². The number of hydrogen-bond acceptors (Lipinski definition) is 8. The van der Waals surface area contributed by atoms with Crippen molar-refractivity contribution in [1.82, 2.24) is 25.5 Å². The van der Waals surface area contributed by atoms with Crippen molar-refractivity contribution in [2.75, 3.05) is 13.7 Å². The van der Waals surface area contributed by atoms with Crippen LogP contribution in [0.2, 0.25) is 15.1 Å². The molecule has 13 heteroatoms. The number of alkyl carbamates (subject to hydrolysis) is 1. The molecule has 3 aromatic rings. The number of methoxy groups -OCH3 is 1. The maximum atomic E-state index is 12.7. The van der Waals surface area contributed by atoms with Crippen LogP contribution in [0.25, 0.3) is 0 Å². The smallest absolute Gasteiger partial charge is 0.407 e. The monoisotopic (exact) mass is 557 g/mol. The minimum absolute atomic E-state index is 0.169. The van der Waals surface area contributed by atoms with Crippen molar-refractivity contribution in [3.05, 3.63) is 57.0 Å². The molecule has 1 atom stereocenters. The van der Waals surface area contributed by atoms with Gasteiger partial charge in [-0.25, -0.2) is 4.79 Å². The Kier molecular flexibility index (Phi) is 10.0. The molecule has 9 nitrogen and oxygen atoms in total. The zero-order chi connectivity index (χ0) is 25.4. The van der Waals surface area contributed by atoms with E-state index in [4.69, 9.17) is 44.3 Å². The Labute approximate surface area is 221 Å². The molecule has 1 N–H and O–H groups in total. The molecular weight excluding hydrogens is 537 g/mol. The molecule has 0 aliphatic rings. The molecule has 0 aliphatic carbocycles. The van der Waals surface area contributed by atoms with Gasteiger partial charge in [0.15, 0.2) is 5.78 Å². The number of Topliss-reactive ketones (excluding diaryl/α,β-unsaturated/α-hetero) is 1. The summed E-state index contributed by atoms with van der Waals surface area (Å²) in [5.74, 6) is 0.453. The molecule has 35 heavy (non-hydrogen) atoms. The Morgan fingerprint density at radius 3 is 2.51 bits per heavy atom. The summed E-state index contributed by atoms with van der Waals surface area (Å²) in [5.41, 5.74) is 0.994. The second-order valence-corrected chi connectivity index (χ2v) is 9.35. The third-order valence-corrected chi connectivity index (χ3v) is 7.12. The molecule has 1 amide bonds. The summed E-state index contributed by atoms with van der Waals surface area (Å²) in [7, 11) is 1.60. The van der Waals surface area contributed by atoms with Crippen molar-refractivity contribution in [2.45, 2.75) is 42.4 Å². The van der Waals surface area contributed by atoms with Crippen molar-refractivity contribution in [2.24, 2.45) is 0 Å². The molecule has 186 valence electrons. The van der Waals surface area contributed by atoms with Crippen LogP contribution in [-0.4, -0.2) is 51.8 Å². The maximum absolute atomic E-state index is 12.7. The van der Waals surface area contributed by atoms with E-state index in [9.17, 15) is 9.59 Å². The summed E-state index contributed by atoms with van der Waals surface area (Å²) in [6.07, 6.45) is 0.231. The van der Waals surface area contributed by atoms with Crippen LogP contribution in [-0.2, 0) is 22.5 Å². The molecule has 0 aliphatic heterocycles. The minimum Gasteiger partial charge on any atom is -0.497 e. The predicted octanol–water partition coefficient (Wildman–Crippen LogP) is 5.11. The van der Waals surface area contributed by atoms with Crippen molar-refractivity contribution in [3.8, 4) is 5.75 Å². The number of nitrogens with zero attached hydrogens (tertiary/aromatic N) is 4. The van der Waals surface area contributed by atoms with Crippen LogP contribution < -0.4 is 10.1 Å². The predicted molar refractivity (Wildman–Crippen MR) is 134 cm³/mol. The first-order valence-electron chi connectivity index (χ1n) is 10.5. The van der Waals surface area contributed by atoms with Crippen molar-refractivity contribution in [3.63, 3.8) is 0 Å². The van der Waals surface area contributed by atoms with Gasteiger partial charge >= 0.3 is 6.09 Å². The Morgan fingerprint density at radius 1 is 1.11 bits per heavy atom. The van der Waals surface area contributed by atoms with E-state index < -0.39 is 12.1 Å². The molecule has 0 radical (unpaired) electrons. The molecule has 0 fully saturated rings. The molecule has 0 spiro atoms. The van der Waals surface area contributed by atoms with E-state index in [0.717, 1.165) is 27.9 Å². The van der Waals surface area contributed by atoms with Gasteiger partial charge in [0.25, 0.3) is 0 Å². The quantitative estimate of drug-likeness (QED) is 0.324. The summed E-state index contributed by atoms with van der Waals surface area (Å²) < 4.78 is 10.3. The summed E-state index contributed by atoms with van der Waals surface area (Å²) >= 11 is 19.5. The highest BCUT2D eigenvalue weighted by Crippen LogP contribution is 2.40. The Morgan fingerprint density at radius 2 is 1.83 bits per heavy atom. The van der Waals surface area contributed by atoms with E-state index in [-0.39, 0.29) is 29.1 Å². The van der Waals surface area contributed by atoms with Crippen molar-refractivity contribution in [1.29, 1.82) is 0 Å². The van der Waals surface area contributed by atoms with Gasteiger partial charge in [-0.15, -0.1) is 10.2 Å². The molecule has 2 aromatic carbocycles. The van der Waals surface area contributed by atoms with Crippen molar-refractivity contribution >= 4 is 58.4 Å². The number of hydrogen-bond donors (Lipinski definition) is 1. The maximum Gasteiger partial charge on any atom is 0.407 e. The first-order valence-corrected chi connectivity index (χ1v) is 12.4. The third kappa shape index (κ3) is 7.73. The van der Waals surface area contributed by atoms with Crippen LogP contribution in [0.3, 0.4) is 0 Å². The Balaban J connectivity index is 1.49. The van der Waals surface area contributed by atoms with Crippen LogP contribution in [0.1, 0.15) is 18.9 Å². The van der Waals surface area contributed by atoms with Gasteiger partial charge in [-0.1, -0.05) is 53.9 Å². The average molecular weight is 559 g/mol. The highest BCUT2D eigenvalue weighted by molar-refractivity contribution is 7.99. The zero-order valence-electron chi connectivity index (χ0n) is 18.8. The highest BCUT2D eigenvalue weighted by Gasteiger charge is 2.22. The minimum atomic E-state index is -0.762. The van der Waals surface area contributed by atoms with Gasteiger partial charge in [-0.05, 0) is 53.2 Å². The van der Waals surface area contributed by atoms with E-state index in [1.165, 1.54) is 0 Å². The van der Waals surface area contributed by atoms with Gasteiger partial charge in [0.2, 0.25) is 5.16 Å². The summed E-state index contributed by atoms with van der Waals surface area (Å²) in [6, 6.07) is 9.89. The summed E-state index contributed by atoms with van der Waals surface area (Å²) in [6.45, 7) is 1.76. The number of carbonyl (C=O) groups is 2. The number of benzene rings is 2. The number of carbonyl (C=O) groups excluding carboxylic acids is 2. The van der Waals surface area contributed by atoms with Gasteiger partial charge < -0.3 is 14.8 Å². The molecule has 0 saturated carbocycles. The summed E-state index contributed by atoms with van der Waals surface area (Å²) in [4.78, 5) is 26.5. The molecule has 1 heterocycles.